The average molecular weight is 881 g/mol. The summed E-state index contributed by atoms with van der Waals surface area (Å²) in [4.78, 5) is 28.5. The van der Waals surface area contributed by atoms with Gasteiger partial charge in [0.15, 0.2) is 17.5 Å². The Morgan fingerprint density at radius 1 is 0.338 bits per heavy atom. The van der Waals surface area contributed by atoms with Gasteiger partial charge in [-0.3, -0.25) is 4.90 Å². The fourth-order valence-electron chi connectivity index (χ4n) is 9.74. The SMILES string of the molecule is Cc1cc(C)c(C(c2ccc(N(c3cc(-c4ccccc4)nc(-c4ccccc4)n3)c3nc(-c4ccccc4)nc(-c4cccc(-c5ccccc5)c4)n3)cc2)c2c(C)cc(C)cc2C)c(C)c1. The van der Waals surface area contributed by atoms with E-state index >= 15 is 0 Å². The van der Waals surface area contributed by atoms with Gasteiger partial charge in [0.2, 0.25) is 5.95 Å². The van der Waals surface area contributed by atoms with Gasteiger partial charge >= 0.3 is 0 Å². The fraction of sp³-hybridized carbons (Fsp3) is 0.113. The van der Waals surface area contributed by atoms with Crippen LogP contribution in [0, 0.1) is 41.5 Å². The van der Waals surface area contributed by atoms with Gasteiger partial charge in [-0.25, -0.2) is 15.0 Å². The minimum Gasteiger partial charge on any atom is -0.263 e. The van der Waals surface area contributed by atoms with Crippen LogP contribution in [0.1, 0.15) is 56.0 Å². The van der Waals surface area contributed by atoms with Gasteiger partial charge in [-0.2, -0.15) is 9.97 Å². The second-order valence-electron chi connectivity index (χ2n) is 17.7. The normalized spacial score (nSPS) is 11.2. The molecule has 0 atom stereocenters. The summed E-state index contributed by atoms with van der Waals surface area (Å²) >= 11 is 0. The van der Waals surface area contributed by atoms with E-state index in [1.54, 1.807) is 0 Å². The highest BCUT2D eigenvalue weighted by atomic mass is 15.3. The number of anilines is 3. The molecule has 0 spiro atoms. The smallest absolute Gasteiger partial charge is 0.239 e. The molecular formula is C62H52N6. The van der Waals surface area contributed by atoms with Crippen LogP contribution in [0.5, 0.6) is 0 Å². The molecule has 0 fully saturated rings. The van der Waals surface area contributed by atoms with Crippen LogP contribution in [0.25, 0.3) is 56.5 Å². The second-order valence-corrected chi connectivity index (χ2v) is 17.7. The summed E-state index contributed by atoms with van der Waals surface area (Å²) in [6.45, 7) is 13.4. The van der Waals surface area contributed by atoms with Crippen molar-refractivity contribution in [1.29, 1.82) is 0 Å². The first-order valence-corrected chi connectivity index (χ1v) is 23.2. The summed E-state index contributed by atoms with van der Waals surface area (Å²) in [5.41, 5.74) is 18.9. The molecule has 8 aromatic carbocycles. The van der Waals surface area contributed by atoms with E-state index in [9.17, 15) is 0 Å². The predicted molar refractivity (Wildman–Crippen MR) is 280 cm³/mol. The number of nitrogens with zero attached hydrogens (tertiary/aromatic N) is 6. The van der Waals surface area contributed by atoms with Crippen LogP contribution in [-0.2, 0) is 0 Å². The summed E-state index contributed by atoms with van der Waals surface area (Å²) in [7, 11) is 0. The molecule has 6 heteroatoms. The first-order valence-electron chi connectivity index (χ1n) is 23.2. The van der Waals surface area contributed by atoms with Crippen LogP contribution in [0.3, 0.4) is 0 Å². The molecule has 0 unspecified atom stereocenters. The first-order chi connectivity index (χ1) is 33.2. The van der Waals surface area contributed by atoms with Crippen LogP contribution in [0.4, 0.5) is 17.5 Å². The lowest BCUT2D eigenvalue weighted by Crippen LogP contribution is -2.18. The molecule has 0 aliphatic heterocycles. The van der Waals surface area contributed by atoms with E-state index in [0.717, 1.165) is 44.8 Å². The monoisotopic (exact) mass is 880 g/mol. The Hall–Kier alpha value is -8.35. The van der Waals surface area contributed by atoms with E-state index in [4.69, 9.17) is 24.9 Å². The van der Waals surface area contributed by atoms with Crippen LogP contribution in [0.15, 0.2) is 200 Å². The molecule has 0 radical (unpaired) electrons. The third-order valence-electron chi connectivity index (χ3n) is 12.7. The Balaban J connectivity index is 1.22. The maximum absolute atomic E-state index is 5.38. The van der Waals surface area contributed by atoms with E-state index < -0.39 is 0 Å². The van der Waals surface area contributed by atoms with E-state index in [2.05, 4.69) is 156 Å². The lowest BCUT2D eigenvalue weighted by Gasteiger charge is -2.28. The lowest BCUT2D eigenvalue weighted by atomic mass is 9.77. The number of aryl methyl sites for hydroxylation is 6. The Morgan fingerprint density at radius 3 is 1.28 bits per heavy atom. The molecule has 0 bridgehead atoms. The predicted octanol–water partition coefficient (Wildman–Crippen LogP) is 15.5. The zero-order chi connectivity index (χ0) is 46.7. The molecule has 6 nitrogen and oxygen atoms in total. The van der Waals surface area contributed by atoms with Crippen molar-refractivity contribution >= 4 is 17.5 Å². The summed E-state index contributed by atoms with van der Waals surface area (Å²) in [5.74, 6) is 2.73. The summed E-state index contributed by atoms with van der Waals surface area (Å²) < 4.78 is 0. The van der Waals surface area contributed by atoms with Crippen LogP contribution >= 0.6 is 0 Å². The maximum Gasteiger partial charge on any atom is 0.239 e. The molecule has 0 saturated carbocycles. The lowest BCUT2D eigenvalue weighted by molar-refractivity contribution is 0.918. The molecule has 0 saturated heterocycles. The molecule has 68 heavy (non-hydrogen) atoms. The maximum atomic E-state index is 5.38. The average Bonchev–Trinajstić information content (AvgIpc) is 3.36. The highest BCUT2D eigenvalue weighted by molar-refractivity contribution is 5.79. The molecular weight excluding hydrogens is 829 g/mol. The highest BCUT2D eigenvalue weighted by Crippen LogP contribution is 2.42. The van der Waals surface area contributed by atoms with Crippen molar-refractivity contribution < 1.29 is 0 Å². The van der Waals surface area contributed by atoms with Crippen molar-refractivity contribution in [3.05, 3.63) is 250 Å². The number of rotatable bonds is 11. The summed E-state index contributed by atoms with van der Waals surface area (Å²) in [6, 6.07) is 69.5. The van der Waals surface area contributed by atoms with Crippen LogP contribution in [-0.4, -0.2) is 24.9 Å². The molecule has 0 N–H and O–H groups in total. The van der Waals surface area contributed by atoms with Gasteiger partial charge in [0.25, 0.3) is 0 Å². The van der Waals surface area contributed by atoms with Crippen LogP contribution < -0.4 is 4.90 Å². The van der Waals surface area contributed by atoms with Crippen molar-refractivity contribution in [3.8, 4) is 56.5 Å². The largest absolute Gasteiger partial charge is 0.263 e. The van der Waals surface area contributed by atoms with E-state index in [-0.39, 0.29) is 5.92 Å². The van der Waals surface area contributed by atoms with Crippen molar-refractivity contribution in [2.45, 2.75) is 47.5 Å². The Morgan fingerprint density at radius 2 is 0.765 bits per heavy atom. The number of aromatic nitrogens is 5. The molecule has 2 aromatic heterocycles. The highest BCUT2D eigenvalue weighted by Gasteiger charge is 2.27. The number of hydrogen-bond donors (Lipinski definition) is 0. The second kappa shape index (κ2) is 18.9. The molecule has 2 heterocycles. The van der Waals surface area contributed by atoms with Gasteiger partial charge < -0.3 is 0 Å². The number of hydrogen-bond acceptors (Lipinski definition) is 6. The van der Waals surface area contributed by atoms with Gasteiger partial charge in [0, 0.05) is 34.2 Å². The van der Waals surface area contributed by atoms with Crippen molar-refractivity contribution in [2.75, 3.05) is 4.90 Å². The van der Waals surface area contributed by atoms with E-state index in [1.165, 1.54) is 50.1 Å². The molecule has 10 aromatic rings. The standard InChI is InChI=1S/C62H52N6/c1-40-34-42(3)56(43(4)35-40)58(57-44(5)36-41(2)37-45(57)6)48-30-32-53(33-31-48)68(55-39-54(47-22-13-8-14-23-47)63-59(64-55)49-24-15-9-16-25-49)62-66-60(50-26-17-10-18-27-50)65-61(67-62)52-29-19-28-51(38-52)46-20-11-7-12-21-46/h7-39,58H,1-6H3. The van der Waals surface area contributed by atoms with Gasteiger partial charge in [0.05, 0.1) is 11.4 Å². The third-order valence-corrected chi connectivity index (χ3v) is 12.7. The first kappa shape index (κ1) is 43.5. The third kappa shape index (κ3) is 8.97. The summed E-state index contributed by atoms with van der Waals surface area (Å²) in [6.07, 6.45) is 0. The van der Waals surface area contributed by atoms with Gasteiger partial charge in [-0.05, 0) is 110 Å². The van der Waals surface area contributed by atoms with Crippen LogP contribution in [0.2, 0.25) is 0 Å². The topological polar surface area (TPSA) is 67.7 Å². The van der Waals surface area contributed by atoms with Crippen molar-refractivity contribution in [2.24, 2.45) is 0 Å². The van der Waals surface area contributed by atoms with Gasteiger partial charge in [-0.15, -0.1) is 0 Å². The Kier molecular flexibility index (Phi) is 12.1. The quantitative estimate of drug-likeness (QED) is 0.121. The molecule has 0 aliphatic rings. The van der Waals surface area contributed by atoms with E-state index in [1.807, 2.05) is 91.0 Å². The molecule has 0 aliphatic carbocycles. The Bertz CT molecular complexity index is 3230. The van der Waals surface area contributed by atoms with Gasteiger partial charge in [0.1, 0.15) is 5.82 Å². The van der Waals surface area contributed by atoms with Crippen molar-refractivity contribution in [3.63, 3.8) is 0 Å². The zero-order valence-corrected chi connectivity index (χ0v) is 39.3. The minimum atomic E-state index is -0.00234. The van der Waals surface area contributed by atoms with Gasteiger partial charge in [-0.1, -0.05) is 187 Å². The summed E-state index contributed by atoms with van der Waals surface area (Å²) in [5, 5.41) is 0. The molecule has 0 amide bonds. The van der Waals surface area contributed by atoms with E-state index in [0.29, 0.717) is 29.2 Å². The Labute approximate surface area is 399 Å². The molecule has 10 rings (SSSR count). The fourth-order valence-corrected chi connectivity index (χ4v) is 9.74. The van der Waals surface area contributed by atoms with Crippen molar-refractivity contribution in [1.82, 2.24) is 24.9 Å². The zero-order valence-electron chi connectivity index (χ0n) is 39.3. The number of benzene rings is 8. The molecule has 330 valence electrons. The minimum absolute atomic E-state index is 0.00234.